The van der Waals surface area contributed by atoms with Gasteiger partial charge in [-0.1, -0.05) is 44.0 Å². The summed E-state index contributed by atoms with van der Waals surface area (Å²) in [5.74, 6) is -0.793. The molecule has 34 heavy (non-hydrogen) atoms. The van der Waals surface area contributed by atoms with Gasteiger partial charge in [-0.2, -0.15) is 0 Å². The molecule has 0 radical (unpaired) electrons. The number of benzene rings is 1. The number of hydroxylamine groups is 1. The number of alkyl carbamates (subject to hydrolysis) is 1. The molecule has 0 aromatic heterocycles. The van der Waals surface area contributed by atoms with E-state index in [0.717, 1.165) is 18.4 Å². The third-order valence-corrected chi connectivity index (χ3v) is 5.59. The molecule has 10 heteroatoms. The molecular formula is C24H34ClN3O6. The molecule has 1 aliphatic rings. The lowest BCUT2D eigenvalue weighted by molar-refractivity contribution is -0.134. The zero-order valence-corrected chi connectivity index (χ0v) is 20.4. The van der Waals surface area contributed by atoms with Gasteiger partial charge in [0.25, 0.3) is 0 Å². The highest BCUT2D eigenvalue weighted by molar-refractivity contribution is 6.30. The number of carbonyl (C=O) groups excluding carboxylic acids is 4. The average Bonchev–Trinajstić information content (AvgIpc) is 2.78. The van der Waals surface area contributed by atoms with Crippen molar-refractivity contribution in [3.8, 4) is 0 Å². The molecule has 9 nitrogen and oxygen atoms in total. The zero-order chi connectivity index (χ0) is 24.9. The van der Waals surface area contributed by atoms with E-state index in [-0.39, 0.29) is 24.7 Å². The summed E-state index contributed by atoms with van der Waals surface area (Å²) in [6.45, 7) is 4.17. The summed E-state index contributed by atoms with van der Waals surface area (Å²) in [6, 6.07) is 5.34. The first-order valence-electron chi connectivity index (χ1n) is 11.7. The van der Waals surface area contributed by atoms with Crippen LogP contribution >= 0.6 is 11.6 Å². The normalized spacial score (nSPS) is 24.1. The lowest BCUT2D eigenvalue weighted by Crippen LogP contribution is -2.51. The van der Waals surface area contributed by atoms with Crippen LogP contribution in [0.1, 0.15) is 70.5 Å². The fourth-order valence-electron chi connectivity index (χ4n) is 3.62. The molecule has 1 aromatic rings. The van der Waals surface area contributed by atoms with Crippen LogP contribution < -0.4 is 16.1 Å². The molecule has 3 atom stereocenters. The first-order valence-corrected chi connectivity index (χ1v) is 12.0. The lowest BCUT2D eigenvalue weighted by Gasteiger charge is -2.24. The first kappa shape index (κ1) is 27.6. The Kier molecular flexibility index (Phi) is 11.8. The van der Waals surface area contributed by atoms with E-state index in [9.17, 15) is 19.2 Å². The molecular weight excluding hydrogens is 462 g/mol. The Morgan fingerprint density at radius 1 is 1.12 bits per heavy atom. The van der Waals surface area contributed by atoms with Gasteiger partial charge in [0.15, 0.2) is 0 Å². The maximum atomic E-state index is 12.9. The summed E-state index contributed by atoms with van der Waals surface area (Å²) in [5.41, 5.74) is 3.12. The van der Waals surface area contributed by atoms with Gasteiger partial charge in [-0.25, -0.2) is 10.3 Å². The van der Waals surface area contributed by atoms with Gasteiger partial charge in [-0.3, -0.25) is 14.4 Å². The van der Waals surface area contributed by atoms with Gasteiger partial charge in [0.05, 0.1) is 12.6 Å². The molecule has 3 N–H and O–H groups in total. The zero-order valence-electron chi connectivity index (χ0n) is 19.7. The summed E-state index contributed by atoms with van der Waals surface area (Å²) >= 11 is 6.13. The molecule has 1 aromatic carbocycles. The monoisotopic (exact) mass is 495 g/mol. The third-order valence-electron chi connectivity index (χ3n) is 5.36. The smallest absolute Gasteiger partial charge is 0.408 e. The van der Waals surface area contributed by atoms with E-state index in [2.05, 4.69) is 16.1 Å². The van der Waals surface area contributed by atoms with Gasteiger partial charge in [-0.15, -0.1) is 0 Å². The number of aldehydes is 1. The summed E-state index contributed by atoms with van der Waals surface area (Å²) in [6.07, 6.45) is 2.57. The molecule has 1 heterocycles. The van der Waals surface area contributed by atoms with Crippen molar-refractivity contribution in [2.45, 2.75) is 77.0 Å². The Labute approximate surface area is 205 Å². The van der Waals surface area contributed by atoms with Gasteiger partial charge in [0.2, 0.25) is 11.8 Å². The molecule has 1 aliphatic heterocycles. The second kappa shape index (κ2) is 14.6. The predicted octanol–water partition coefficient (Wildman–Crippen LogP) is 3.61. The molecule has 0 bridgehead atoms. The van der Waals surface area contributed by atoms with E-state index in [1.807, 2.05) is 19.9 Å². The number of rotatable bonds is 4. The predicted molar refractivity (Wildman–Crippen MR) is 127 cm³/mol. The van der Waals surface area contributed by atoms with Crippen LogP contribution in [-0.4, -0.2) is 42.9 Å². The van der Waals surface area contributed by atoms with E-state index in [1.165, 1.54) is 0 Å². The van der Waals surface area contributed by atoms with Crippen LogP contribution in [0, 0.1) is 5.92 Å². The fourth-order valence-corrected chi connectivity index (χ4v) is 3.82. The molecule has 1 unspecified atom stereocenters. The van der Waals surface area contributed by atoms with Crippen molar-refractivity contribution in [3.63, 3.8) is 0 Å². The average molecular weight is 496 g/mol. The largest absolute Gasteiger partial charge is 0.441 e. The van der Waals surface area contributed by atoms with Gasteiger partial charge in [0, 0.05) is 11.4 Å². The van der Waals surface area contributed by atoms with E-state index in [1.54, 1.807) is 18.2 Å². The fraction of sp³-hybridized carbons (Fsp3) is 0.583. The molecule has 0 aliphatic carbocycles. The van der Waals surface area contributed by atoms with Crippen molar-refractivity contribution in [3.05, 3.63) is 34.9 Å². The minimum atomic E-state index is -0.897. The van der Waals surface area contributed by atoms with Gasteiger partial charge < -0.3 is 20.2 Å². The molecule has 1 fully saturated rings. The van der Waals surface area contributed by atoms with Crippen molar-refractivity contribution >= 4 is 35.8 Å². The van der Waals surface area contributed by atoms with Crippen LogP contribution in [0.25, 0.3) is 0 Å². The molecule has 3 amide bonds. The summed E-state index contributed by atoms with van der Waals surface area (Å²) < 4.78 is 5.72. The standard InChI is InChI=1S/C24H34ClN3O6/c1-16(2)13-20-23(31)26-19(15-29)10-11-22(30)28-33-12-5-3-4-9-21(34-24(32)27-20)17-7-6-8-18(25)14-17/h6-8,14-16,19-21H,3-5,9-13H2,1-2H3,(H,26,31)(H,27,32)(H,28,30)/t19-,20-,21?/m0/s1. The summed E-state index contributed by atoms with van der Waals surface area (Å²) in [7, 11) is 0. The Morgan fingerprint density at radius 2 is 1.91 bits per heavy atom. The SMILES string of the molecule is CC(C)C[C@@H]1NC(=O)OC(c2cccc(Cl)c2)CCCCCONC(=O)CC[C@@H](C=O)NC1=O. The van der Waals surface area contributed by atoms with E-state index in [4.69, 9.17) is 21.2 Å². The first-order chi connectivity index (χ1) is 16.3. The highest BCUT2D eigenvalue weighted by Crippen LogP contribution is 2.26. The van der Waals surface area contributed by atoms with Crippen LogP contribution in [-0.2, 0) is 24.0 Å². The van der Waals surface area contributed by atoms with Crippen LogP contribution in [0.3, 0.4) is 0 Å². The van der Waals surface area contributed by atoms with Crippen molar-refractivity contribution in [2.75, 3.05) is 6.61 Å². The minimum Gasteiger partial charge on any atom is -0.441 e. The second-order valence-electron chi connectivity index (χ2n) is 8.79. The number of hydrogen-bond acceptors (Lipinski definition) is 6. The summed E-state index contributed by atoms with van der Waals surface area (Å²) in [4.78, 5) is 54.2. The number of amides is 3. The third kappa shape index (κ3) is 10.1. The van der Waals surface area contributed by atoms with Crippen LogP contribution in [0.2, 0.25) is 5.02 Å². The van der Waals surface area contributed by atoms with E-state index in [0.29, 0.717) is 37.2 Å². The topological polar surface area (TPSA) is 123 Å². The maximum absolute atomic E-state index is 12.9. The number of cyclic esters (lactones) is 1. The van der Waals surface area contributed by atoms with E-state index < -0.39 is 30.2 Å². The molecule has 0 saturated carbocycles. The lowest BCUT2D eigenvalue weighted by atomic mass is 10.0. The molecule has 2 rings (SSSR count). The van der Waals surface area contributed by atoms with Crippen molar-refractivity contribution in [2.24, 2.45) is 5.92 Å². The number of halogens is 1. The van der Waals surface area contributed by atoms with Gasteiger partial charge in [-0.05, 0) is 55.7 Å². The molecule has 188 valence electrons. The molecule has 1 saturated heterocycles. The van der Waals surface area contributed by atoms with Crippen molar-refractivity contribution in [1.29, 1.82) is 0 Å². The maximum Gasteiger partial charge on any atom is 0.408 e. The van der Waals surface area contributed by atoms with Crippen LogP contribution in [0.4, 0.5) is 4.79 Å². The Morgan fingerprint density at radius 3 is 2.62 bits per heavy atom. The number of carbonyl (C=O) groups is 4. The van der Waals surface area contributed by atoms with Crippen molar-refractivity contribution in [1.82, 2.24) is 16.1 Å². The van der Waals surface area contributed by atoms with E-state index >= 15 is 0 Å². The highest BCUT2D eigenvalue weighted by atomic mass is 35.5. The highest BCUT2D eigenvalue weighted by Gasteiger charge is 2.27. The Balaban J connectivity index is 2.20. The number of ether oxygens (including phenoxy) is 1. The Bertz CT molecular complexity index is 835. The molecule has 0 spiro atoms. The van der Waals surface area contributed by atoms with Crippen LogP contribution in [0.15, 0.2) is 24.3 Å². The van der Waals surface area contributed by atoms with Gasteiger partial charge >= 0.3 is 6.09 Å². The minimum absolute atomic E-state index is 0.00925. The second-order valence-corrected chi connectivity index (χ2v) is 9.22. The van der Waals surface area contributed by atoms with Crippen LogP contribution in [0.5, 0.6) is 0 Å². The summed E-state index contributed by atoms with van der Waals surface area (Å²) in [5, 5.41) is 5.78. The quantitative estimate of drug-likeness (QED) is 0.548. The van der Waals surface area contributed by atoms with Gasteiger partial charge in [0.1, 0.15) is 18.4 Å². The number of nitrogens with one attached hydrogen (secondary N) is 3. The number of hydrogen-bond donors (Lipinski definition) is 3. The Hall–Kier alpha value is -2.65. The van der Waals surface area contributed by atoms with Crippen molar-refractivity contribution < 1.29 is 28.8 Å².